The minimum Gasteiger partial charge on any atom is -0.277 e. The molecule has 0 bridgehead atoms. The molecule has 0 spiro atoms. The molecule has 0 amide bonds. The van der Waals surface area contributed by atoms with Gasteiger partial charge in [-0.15, -0.1) is 0 Å². The van der Waals surface area contributed by atoms with Gasteiger partial charge in [0, 0.05) is 5.75 Å². The summed E-state index contributed by atoms with van der Waals surface area (Å²) < 4.78 is 27.5. The maximum absolute atomic E-state index is 9.75. The van der Waals surface area contributed by atoms with Crippen LogP contribution in [0.1, 0.15) is 6.92 Å². The molecule has 5 heteroatoms. The highest BCUT2D eigenvalue weighted by Gasteiger charge is 1.99. The predicted octanol–water partition coefficient (Wildman–Crippen LogP) is 0.542. The van der Waals surface area contributed by atoms with Crippen molar-refractivity contribution in [3.63, 3.8) is 0 Å². The van der Waals surface area contributed by atoms with E-state index in [1.807, 2.05) is 0 Å². The third-order valence-electron chi connectivity index (χ3n) is 0.267. The molecular formula is C2H6O3S2. The molecule has 7 heavy (non-hydrogen) atoms. The molecule has 0 fully saturated rings. The van der Waals surface area contributed by atoms with Crippen LogP contribution >= 0.6 is 10.8 Å². The quantitative estimate of drug-likeness (QED) is 0.451. The summed E-state index contributed by atoms with van der Waals surface area (Å²) in [7, 11) is -3.24. The average molecular weight is 142 g/mol. The van der Waals surface area contributed by atoms with Crippen LogP contribution in [0.15, 0.2) is 0 Å². The van der Waals surface area contributed by atoms with E-state index >= 15 is 0 Å². The second kappa shape index (κ2) is 2.54. The molecule has 0 aliphatic carbocycles. The summed E-state index contributed by atoms with van der Waals surface area (Å²) in [5, 5.41) is 0. The summed E-state index contributed by atoms with van der Waals surface area (Å²) in [4.78, 5) is 0. The Morgan fingerprint density at radius 2 is 2.14 bits per heavy atom. The van der Waals surface area contributed by atoms with Crippen molar-refractivity contribution in [3.05, 3.63) is 0 Å². The van der Waals surface area contributed by atoms with Crippen LogP contribution in [0.25, 0.3) is 0 Å². The smallest absolute Gasteiger partial charge is 0.277 e. The Bertz CT molecular complexity index is 124. The lowest BCUT2D eigenvalue weighted by atomic mass is 11.0. The van der Waals surface area contributed by atoms with Gasteiger partial charge in [0.15, 0.2) is 0 Å². The van der Waals surface area contributed by atoms with E-state index in [2.05, 4.69) is 0 Å². The molecule has 0 heterocycles. The van der Waals surface area contributed by atoms with Crippen molar-refractivity contribution >= 4 is 19.9 Å². The Kier molecular flexibility index (Phi) is 2.63. The number of hydrogen-bond donors (Lipinski definition) is 1. The van der Waals surface area contributed by atoms with Crippen LogP contribution in [0.3, 0.4) is 0 Å². The van der Waals surface area contributed by atoms with Crippen LogP contribution in [-0.4, -0.2) is 18.7 Å². The first-order valence-corrected chi connectivity index (χ1v) is 4.62. The molecule has 0 saturated heterocycles. The fraction of sp³-hybridized carbons (Fsp3) is 1.00. The molecule has 0 aromatic carbocycles. The molecule has 0 aromatic rings. The van der Waals surface area contributed by atoms with Crippen LogP contribution in [0, 0.1) is 0 Å². The van der Waals surface area contributed by atoms with Gasteiger partial charge in [-0.2, -0.15) is 8.42 Å². The zero-order valence-corrected chi connectivity index (χ0v) is 5.42. The van der Waals surface area contributed by atoms with Crippen LogP contribution in [0.2, 0.25) is 0 Å². The van der Waals surface area contributed by atoms with E-state index in [-0.39, 0.29) is 0 Å². The molecule has 0 unspecified atom stereocenters. The largest absolute Gasteiger partial charge is 0.319 e. The molecular weight excluding hydrogens is 136 g/mol. The predicted molar refractivity (Wildman–Crippen MR) is 29.7 cm³/mol. The Morgan fingerprint density at radius 3 is 2.14 bits per heavy atom. The van der Waals surface area contributed by atoms with Crippen molar-refractivity contribution in [3.8, 4) is 0 Å². The summed E-state index contributed by atoms with van der Waals surface area (Å²) >= 11 is 0. The third-order valence-corrected chi connectivity index (χ3v) is 2.40. The molecule has 0 aliphatic rings. The van der Waals surface area contributed by atoms with Gasteiger partial charge in [0.05, 0.1) is 0 Å². The Labute approximate surface area is 46.3 Å². The van der Waals surface area contributed by atoms with Crippen LogP contribution in [0.5, 0.6) is 0 Å². The fourth-order valence-electron chi connectivity index (χ4n) is 0.149. The zero-order chi connectivity index (χ0) is 5.91. The van der Waals surface area contributed by atoms with Gasteiger partial charge in [0.2, 0.25) is 0 Å². The first kappa shape index (κ1) is 7.26. The Morgan fingerprint density at radius 1 is 1.71 bits per heavy atom. The SMILES string of the molecule is CCSS(=O)(=O)O. The second-order valence-corrected chi connectivity index (χ2v) is 4.47. The molecule has 0 rings (SSSR count). The van der Waals surface area contributed by atoms with Gasteiger partial charge in [-0.25, -0.2) is 0 Å². The minimum absolute atomic E-state index is 0.388. The topological polar surface area (TPSA) is 54.4 Å². The normalized spacial score (nSPS) is 11.7. The lowest BCUT2D eigenvalue weighted by molar-refractivity contribution is 0.503. The van der Waals surface area contributed by atoms with Crippen LogP contribution in [-0.2, 0) is 9.15 Å². The standard InChI is InChI=1S/C2H6O3S2/c1-2-6-7(3,4)5/h2H2,1H3,(H,3,4,5). The monoisotopic (exact) mass is 142 g/mol. The average Bonchev–Trinajstić information content (AvgIpc) is 1.30. The summed E-state index contributed by atoms with van der Waals surface area (Å²) in [6, 6.07) is 0. The maximum Gasteiger partial charge on any atom is 0.319 e. The molecule has 0 saturated carbocycles. The lowest BCUT2D eigenvalue weighted by Crippen LogP contribution is -1.88. The highest BCUT2D eigenvalue weighted by Crippen LogP contribution is 2.06. The van der Waals surface area contributed by atoms with E-state index < -0.39 is 9.15 Å². The second-order valence-electron chi connectivity index (χ2n) is 0.834. The molecule has 1 N–H and O–H groups in total. The first-order valence-electron chi connectivity index (χ1n) is 1.68. The van der Waals surface area contributed by atoms with Crippen molar-refractivity contribution in [1.29, 1.82) is 0 Å². The van der Waals surface area contributed by atoms with Gasteiger partial charge in [-0.1, -0.05) is 6.92 Å². The van der Waals surface area contributed by atoms with Gasteiger partial charge in [0.1, 0.15) is 0 Å². The van der Waals surface area contributed by atoms with E-state index in [0.717, 1.165) is 0 Å². The van der Waals surface area contributed by atoms with Crippen molar-refractivity contribution in [1.82, 2.24) is 0 Å². The van der Waals surface area contributed by atoms with Crippen molar-refractivity contribution in [2.75, 3.05) is 5.75 Å². The van der Waals surface area contributed by atoms with Gasteiger partial charge in [-0.05, 0) is 10.8 Å². The van der Waals surface area contributed by atoms with Crippen LogP contribution in [0.4, 0.5) is 0 Å². The van der Waals surface area contributed by atoms with Crippen LogP contribution < -0.4 is 0 Å². The van der Waals surface area contributed by atoms with Gasteiger partial charge < -0.3 is 0 Å². The van der Waals surface area contributed by atoms with E-state index in [0.29, 0.717) is 16.5 Å². The summed E-state index contributed by atoms with van der Waals surface area (Å²) in [5.74, 6) is 0.388. The van der Waals surface area contributed by atoms with Gasteiger partial charge in [-0.3, -0.25) is 4.55 Å². The van der Waals surface area contributed by atoms with E-state index in [9.17, 15) is 8.42 Å². The van der Waals surface area contributed by atoms with Gasteiger partial charge in [0.25, 0.3) is 0 Å². The Hall–Kier alpha value is 0.260. The Balaban J connectivity index is 3.60. The molecule has 0 radical (unpaired) electrons. The minimum atomic E-state index is -3.76. The van der Waals surface area contributed by atoms with E-state index in [1.54, 1.807) is 6.92 Å². The van der Waals surface area contributed by atoms with E-state index in [4.69, 9.17) is 4.55 Å². The highest BCUT2D eigenvalue weighted by molar-refractivity contribution is 8.69. The molecule has 0 aromatic heterocycles. The lowest BCUT2D eigenvalue weighted by Gasteiger charge is -1.85. The number of rotatable bonds is 2. The van der Waals surface area contributed by atoms with E-state index in [1.165, 1.54) is 0 Å². The molecule has 0 atom stereocenters. The molecule has 3 nitrogen and oxygen atoms in total. The fourth-order valence-corrected chi connectivity index (χ4v) is 1.34. The molecule has 0 aliphatic heterocycles. The maximum atomic E-state index is 9.75. The zero-order valence-electron chi connectivity index (χ0n) is 3.79. The highest BCUT2D eigenvalue weighted by atomic mass is 33.1. The van der Waals surface area contributed by atoms with Crippen molar-refractivity contribution in [2.24, 2.45) is 0 Å². The van der Waals surface area contributed by atoms with Crippen molar-refractivity contribution in [2.45, 2.75) is 6.92 Å². The summed E-state index contributed by atoms with van der Waals surface area (Å²) in [6.45, 7) is 1.65. The first-order chi connectivity index (χ1) is 3.06. The summed E-state index contributed by atoms with van der Waals surface area (Å²) in [6.07, 6.45) is 0. The summed E-state index contributed by atoms with van der Waals surface area (Å²) in [5.41, 5.74) is 0. The number of hydrogen-bond acceptors (Lipinski definition) is 3. The van der Waals surface area contributed by atoms with Gasteiger partial charge >= 0.3 is 9.15 Å². The third kappa shape index (κ3) is 6.26. The molecule has 44 valence electrons. The van der Waals surface area contributed by atoms with Crippen molar-refractivity contribution < 1.29 is 13.0 Å².